The summed E-state index contributed by atoms with van der Waals surface area (Å²) < 4.78 is 0.987. The molecule has 0 aliphatic rings. The van der Waals surface area contributed by atoms with E-state index in [0.29, 0.717) is 0 Å². The molecule has 1 aromatic carbocycles. The number of benzene rings is 1. The number of carboxylic acids is 1. The summed E-state index contributed by atoms with van der Waals surface area (Å²) in [4.78, 5) is 10.9. The summed E-state index contributed by atoms with van der Waals surface area (Å²) in [6, 6.07) is 4.88. The summed E-state index contributed by atoms with van der Waals surface area (Å²) in [5.41, 5.74) is 1.80. The van der Waals surface area contributed by atoms with Gasteiger partial charge in [-0.2, -0.15) is 0 Å². The minimum Gasteiger partial charge on any atom is -0.480 e. The molecule has 4 heteroatoms. The third-order valence-electron chi connectivity index (χ3n) is 2.05. The van der Waals surface area contributed by atoms with Gasteiger partial charge in [-0.05, 0) is 31.2 Å². The Kier molecular flexibility index (Phi) is 3.66. The Bertz CT molecular complexity index is 352. The number of hydrogen-bond acceptors (Lipinski definition) is 2. The number of hydrogen-bond donors (Lipinski definition) is 2. The standard InChI is InChI=1S/C10H12BrNO2/c1-6-5-7(3-4-8(6)11)9(12-2)10(13)14/h3-5,9,12H,1-2H3,(H,13,14). The van der Waals surface area contributed by atoms with Gasteiger partial charge < -0.3 is 10.4 Å². The normalized spacial score (nSPS) is 12.5. The zero-order chi connectivity index (χ0) is 10.7. The predicted octanol–water partition coefficient (Wildman–Crippen LogP) is 2.10. The molecule has 0 aliphatic carbocycles. The number of carbonyl (C=O) groups is 1. The van der Waals surface area contributed by atoms with Crippen LogP contribution in [0.3, 0.4) is 0 Å². The van der Waals surface area contributed by atoms with Gasteiger partial charge in [0.05, 0.1) is 0 Å². The van der Waals surface area contributed by atoms with Crippen molar-refractivity contribution in [3.63, 3.8) is 0 Å². The van der Waals surface area contributed by atoms with Crippen LogP contribution >= 0.6 is 15.9 Å². The van der Waals surface area contributed by atoms with Gasteiger partial charge in [0.1, 0.15) is 6.04 Å². The van der Waals surface area contributed by atoms with Gasteiger partial charge in [0.2, 0.25) is 0 Å². The molecular weight excluding hydrogens is 246 g/mol. The highest BCUT2D eigenvalue weighted by molar-refractivity contribution is 9.10. The lowest BCUT2D eigenvalue weighted by atomic mass is 10.1. The van der Waals surface area contributed by atoms with E-state index >= 15 is 0 Å². The monoisotopic (exact) mass is 257 g/mol. The fourth-order valence-electron chi connectivity index (χ4n) is 1.28. The summed E-state index contributed by atoms with van der Waals surface area (Å²) in [5, 5.41) is 11.7. The van der Waals surface area contributed by atoms with Crippen molar-refractivity contribution in [2.45, 2.75) is 13.0 Å². The lowest BCUT2D eigenvalue weighted by Gasteiger charge is -2.12. The molecule has 0 radical (unpaired) electrons. The van der Waals surface area contributed by atoms with Crippen molar-refractivity contribution in [1.82, 2.24) is 5.32 Å². The molecule has 0 spiro atoms. The van der Waals surface area contributed by atoms with Crippen LogP contribution in [-0.2, 0) is 4.79 Å². The molecule has 1 rings (SSSR count). The average Bonchev–Trinajstić information content (AvgIpc) is 2.11. The van der Waals surface area contributed by atoms with Crippen LogP contribution in [0.2, 0.25) is 0 Å². The van der Waals surface area contributed by atoms with Gasteiger partial charge in [-0.25, -0.2) is 0 Å². The van der Waals surface area contributed by atoms with E-state index in [4.69, 9.17) is 5.11 Å². The second-order valence-corrected chi connectivity index (χ2v) is 3.92. The number of nitrogens with one attached hydrogen (secondary N) is 1. The van der Waals surface area contributed by atoms with Crippen molar-refractivity contribution < 1.29 is 9.90 Å². The highest BCUT2D eigenvalue weighted by Gasteiger charge is 2.17. The Morgan fingerprint density at radius 2 is 2.21 bits per heavy atom. The Hall–Kier alpha value is -0.870. The zero-order valence-corrected chi connectivity index (χ0v) is 9.63. The highest BCUT2D eigenvalue weighted by atomic mass is 79.9. The number of aliphatic carboxylic acids is 1. The van der Waals surface area contributed by atoms with Crippen LogP contribution in [0.25, 0.3) is 0 Å². The van der Waals surface area contributed by atoms with Crippen molar-refractivity contribution in [1.29, 1.82) is 0 Å². The van der Waals surface area contributed by atoms with Gasteiger partial charge in [-0.3, -0.25) is 4.79 Å². The molecule has 1 atom stereocenters. The predicted molar refractivity (Wildman–Crippen MR) is 58.3 cm³/mol. The van der Waals surface area contributed by atoms with Crippen LogP contribution in [0, 0.1) is 6.92 Å². The first-order valence-corrected chi connectivity index (χ1v) is 5.01. The molecule has 14 heavy (non-hydrogen) atoms. The summed E-state index contributed by atoms with van der Waals surface area (Å²) in [6.45, 7) is 1.93. The average molecular weight is 258 g/mol. The van der Waals surface area contributed by atoms with Crippen LogP contribution < -0.4 is 5.32 Å². The SMILES string of the molecule is CNC(C(=O)O)c1ccc(Br)c(C)c1. The maximum Gasteiger partial charge on any atom is 0.325 e. The fraction of sp³-hybridized carbons (Fsp3) is 0.300. The summed E-state index contributed by atoms with van der Waals surface area (Å²) in [7, 11) is 1.64. The summed E-state index contributed by atoms with van der Waals surface area (Å²) >= 11 is 3.37. The molecule has 0 heterocycles. The molecule has 2 N–H and O–H groups in total. The van der Waals surface area contributed by atoms with Crippen molar-refractivity contribution in [3.8, 4) is 0 Å². The molecule has 0 amide bonds. The lowest BCUT2D eigenvalue weighted by Crippen LogP contribution is -2.24. The van der Waals surface area contributed by atoms with E-state index in [9.17, 15) is 4.79 Å². The third-order valence-corrected chi connectivity index (χ3v) is 2.94. The molecule has 1 unspecified atom stereocenters. The van der Waals surface area contributed by atoms with Crippen LogP contribution in [0.5, 0.6) is 0 Å². The Labute approximate surface area is 91.3 Å². The van der Waals surface area contributed by atoms with E-state index in [1.807, 2.05) is 19.1 Å². The van der Waals surface area contributed by atoms with E-state index in [1.165, 1.54) is 0 Å². The molecule has 0 saturated carbocycles. The van der Waals surface area contributed by atoms with Crippen LogP contribution in [0.15, 0.2) is 22.7 Å². The van der Waals surface area contributed by atoms with E-state index in [0.717, 1.165) is 15.6 Å². The first-order chi connectivity index (χ1) is 6.56. The molecule has 0 saturated heterocycles. The minimum atomic E-state index is -0.866. The van der Waals surface area contributed by atoms with Gasteiger partial charge in [0.15, 0.2) is 0 Å². The van der Waals surface area contributed by atoms with Gasteiger partial charge >= 0.3 is 5.97 Å². The number of likely N-dealkylation sites (N-methyl/N-ethyl adjacent to an activating group) is 1. The maximum atomic E-state index is 10.9. The van der Waals surface area contributed by atoms with Crippen molar-refractivity contribution >= 4 is 21.9 Å². The first kappa shape index (κ1) is 11.2. The Morgan fingerprint density at radius 1 is 1.57 bits per heavy atom. The summed E-state index contributed by atoms with van der Waals surface area (Å²) in [5.74, 6) is -0.866. The van der Waals surface area contributed by atoms with Crippen molar-refractivity contribution in [3.05, 3.63) is 33.8 Å². The number of rotatable bonds is 3. The van der Waals surface area contributed by atoms with Crippen molar-refractivity contribution in [2.24, 2.45) is 0 Å². The third kappa shape index (κ3) is 2.33. The molecule has 0 bridgehead atoms. The molecule has 0 aliphatic heterocycles. The summed E-state index contributed by atoms with van der Waals surface area (Å²) in [6.07, 6.45) is 0. The Balaban J connectivity index is 3.06. The van der Waals surface area contributed by atoms with E-state index in [1.54, 1.807) is 13.1 Å². The minimum absolute atomic E-state index is 0.637. The number of halogens is 1. The largest absolute Gasteiger partial charge is 0.480 e. The number of aryl methyl sites for hydroxylation is 1. The molecular formula is C10H12BrNO2. The highest BCUT2D eigenvalue weighted by Crippen LogP contribution is 2.21. The maximum absolute atomic E-state index is 10.9. The second kappa shape index (κ2) is 4.57. The smallest absolute Gasteiger partial charge is 0.325 e. The lowest BCUT2D eigenvalue weighted by molar-refractivity contribution is -0.139. The van der Waals surface area contributed by atoms with E-state index in [2.05, 4.69) is 21.2 Å². The first-order valence-electron chi connectivity index (χ1n) is 4.22. The van der Waals surface area contributed by atoms with E-state index in [-0.39, 0.29) is 0 Å². The molecule has 1 aromatic rings. The van der Waals surface area contributed by atoms with Crippen LogP contribution in [0.4, 0.5) is 0 Å². The zero-order valence-electron chi connectivity index (χ0n) is 8.04. The quantitative estimate of drug-likeness (QED) is 0.872. The molecule has 0 aromatic heterocycles. The second-order valence-electron chi connectivity index (χ2n) is 3.07. The number of carboxylic acid groups (broad SMARTS) is 1. The van der Waals surface area contributed by atoms with Gasteiger partial charge in [-0.15, -0.1) is 0 Å². The van der Waals surface area contributed by atoms with Gasteiger partial charge in [0.25, 0.3) is 0 Å². The van der Waals surface area contributed by atoms with Crippen molar-refractivity contribution in [2.75, 3.05) is 7.05 Å². The van der Waals surface area contributed by atoms with E-state index < -0.39 is 12.0 Å². The molecule has 76 valence electrons. The Morgan fingerprint density at radius 3 is 2.64 bits per heavy atom. The van der Waals surface area contributed by atoms with Crippen LogP contribution in [-0.4, -0.2) is 18.1 Å². The van der Waals surface area contributed by atoms with Gasteiger partial charge in [-0.1, -0.05) is 28.1 Å². The van der Waals surface area contributed by atoms with Gasteiger partial charge in [0, 0.05) is 4.47 Å². The molecule has 0 fully saturated rings. The topological polar surface area (TPSA) is 49.3 Å². The molecule has 3 nitrogen and oxygen atoms in total. The fourth-order valence-corrected chi connectivity index (χ4v) is 1.53. The van der Waals surface area contributed by atoms with Crippen LogP contribution in [0.1, 0.15) is 17.2 Å².